The number of aromatic nitrogens is 2. The largest absolute Gasteiger partial charge is 0.465 e. The summed E-state index contributed by atoms with van der Waals surface area (Å²) in [5.41, 5.74) is 0.969. The molecule has 4 rings (SSSR count). The number of carbonyl (C=O) groups excluding carboxylic acids is 2. The number of esters is 1. The van der Waals surface area contributed by atoms with Crippen molar-refractivity contribution in [3.63, 3.8) is 0 Å². The molecule has 0 fully saturated rings. The van der Waals surface area contributed by atoms with E-state index in [2.05, 4.69) is 10.3 Å². The van der Waals surface area contributed by atoms with E-state index in [0.717, 1.165) is 0 Å². The zero-order chi connectivity index (χ0) is 22.7. The van der Waals surface area contributed by atoms with E-state index in [4.69, 9.17) is 13.9 Å². The standard InChI is InChI=1S/C23H18FN3O5/c1-14-7-10-31-21(14)22(28)26-19-11-16(3-4-18(19)24)32-17-5-8-25-20(12-17)27-9-6-15(13-27)23(29)30-2/h3-13H,1-2H3,(H,26,28). The predicted molar refractivity (Wildman–Crippen MR) is 113 cm³/mol. The van der Waals surface area contributed by atoms with Crippen LogP contribution < -0.4 is 10.1 Å². The highest BCUT2D eigenvalue weighted by atomic mass is 19.1. The van der Waals surface area contributed by atoms with Gasteiger partial charge in [-0.25, -0.2) is 14.2 Å². The van der Waals surface area contributed by atoms with Crippen LogP contribution in [0.1, 0.15) is 26.5 Å². The number of methoxy groups -OCH3 is 1. The van der Waals surface area contributed by atoms with Crippen molar-refractivity contribution < 1.29 is 27.9 Å². The molecule has 4 aromatic rings. The van der Waals surface area contributed by atoms with Crippen molar-refractivity contribution in [2.75, 3.05) is 12.4 Å². The third-order valence-electron chi connectivity index (χ3n) is 4.59. The van der Waals surface area contributed by atoms with Crippen LogP contribution in [0.2, 0.25) is 0 Å². The Morgan fingerprint density at radius 3 is 2.69 bits per heavy atom. The monoisotopic (exact) mass is 435 g/mol. The number of aryl methyl sites for hydroxylation is 1. The Labute approximate surface area is 182 Å². The minimum Gasteiger partial charge on any atom is -0.465 e. The van der Waals surface area contributed by atoms with Gasteiger partial charge < -0.3 is 23.8 Å². The van der Waals surface area contributed by atoms with Gasteiger partial charge in [0.05, 0.1) is 24.6 Å². The second kappa shape index (κ2) is 8.76. The number of hydrogen-bond donors (Lipinski definition) is 1. The van der Waals surface area contributed by atoms with Gasteiger partial charge in [0.2, 0.25) is 0 Å². The van der Waals surface area contributed by atoms with E-state index in [-0.39, 0.29) is 11.4 Å². The Bertz CT molecular complexity index is 1290. The first-order valence-electron chi connectivity index (χ1n) is 9.50. The molecular formula is C23H18FN3O5. The summed E-state index contributed by atoms with van der Waals surface area (Å²) in [7, 11) is 1.31. The number of amides is 1. The average Bonchev–Trinajstić information content (AvgIpc) is 3.45. The normalized spacial score (nSPS) is 10.6. The minimum absolute atomic E-state index is 0.0503. The average molecular weight is 435 g/mol. The Balaban J connectivity index is 1.53. The fraction of sp³-hybridized carbons (Fsp3) is 0.0870. The third kappa shape index (κ3) is 4.36. The lowest BCUT2D eigenvalue weighted by molar-refractivity contribution is 0.0600. The molecule has 0 spiro atoms. The number of anilines is 1. The number of hydrogen-bond acceptors (Lipinski definition) is 6. The SMILES string of the molecule is COC(=O)c1ccn(-c2cc(Oc3ccc(F)c(NC(=O)c4occc4C)c3)ccn2)c1. The Morgan fingerprint density at radius 2 is 1.94 bits per heavy atom. The van der Waals surface area contributed by atoms with Gasteiger partial charge in [-0.2, -0.15) is 0 Å². The zero-order valence-electron chi connectivity index (χ0n) is 17.2. The molecule has 0 bridgehead atoms. The van der Waals surface area contributed by atoms with Crippen LogP contribution >= 0.6 is 0 Å². The fourth-order valence-corrected chi connectivity index (χ4v) is 2.97. The summed E-state index contributed by atoms with van der Waals surface area (Å²) >= 11 is 0. The summed E-state index contributed by atoms with van der Waals surface area (Å²) in [6, 6.07) is 10.5. The molecule has 0 aliphatic carbocycles. The van der Waals surface area contributed by atoms with Crippen molar-refractivity contribution >= 4 is 17.6 Å². The molecule has 1 amide bonds. The van der Waals surface area contributed by atoms with E-state index in [1.54, 1.807) is 48.1 Å². The Kier molecular flexibility index (Phi) is 5.71. The molecule has 32 heavy (non-hydrogen) atoms. The molecule has 0 radical (unpaired) electrons. The molecule has 0 aliphatic rings. The molecule has 0 atom stereocenters. The molecule has 1 N–H and O–H groups in total. The van der Waals surface area contributed by atoms with Crippen LogP contribution in [0, 0.1) is 12.7 Å². The summed E-state index contributed by atoms with van der Waals surface area (Å²) in [6.45, 7) is 1.72. The van der Waals surface area contributed by atoms with Crippen LogP contribution in [0.25, 0.3) is 5.82 Å². The highest BCUT2D eigenvalue weighted by Crippen LogP contribution is 2.27. The lowest BCUT2D eigenvalue weighted by atomic mass is 10.2. The molecule has 3 heterocycles. The molecule has 162 valence electrons. The van der Waals surface area contributed by atoms with Gasteiger partial charge in [-0.3, -0.25) is 4.79 Å². The van der Waals surface area contributed by atoms with E-state index < -0.39 is 17.7 Å². The number of furan rings is 1. The van der Waals surface area contributed by atoms with Crippen molar-refractivity contribution in [3.05, 3.63) is 90.0 Å². The van der Waals surface area contributed by atoms with E-state index in [1.807, 2.05) is 0 Å². The maximum absolute atomic E-state index is 14.2. The second-order valence-corrected chi connectivity index (χ2v) is 6.78. The van der Waals surface area contributed by atoms with Gasteiger partial charge in [0.15, 0.2) is 5.76 Å². The molecule has 1 aromatic carbocycles. The summed E-state index contributed by atoms with van der Waals surface area (Å²) in [4.78, 5) is 28.2. The number of nitrogens with one attached hydrogen (secondary N) is 1. The number of rotatable bonds is 6. The quantitative estimate of drug-likeness (QED) is 0.440. The predicted octanol–water partition coefficient (Wildman–Crippen LogP) is 4.74. The summed E-state index contributed by atoms with van der Waals surface area (Å²) < 4.78 is 31.5. The topological polar surface area (TPSA) is 95.6 Å². The lowest BCUT2D eigenvalue weighted by Crippen LogP contribution is -2.13. The highest BCUT2D eigenvalue weighted by molar-refractivity contribution is 6.03. The summed E-state index contributed by atoms with van der Waals surface area (Å²) in [5, 5.41) is 2.49. The Morgan fingerprint density at radius 1 is 1.12 bits per heavy atom. The molecule has 0 aliphatic heterocycles. The van der Waals surface area contributed by atoms with Crippen LogP contribution in [0.4, 0.5) is 10.1 Å². The fourth-order valence-electron chi connectivity index (χ4n) is 2.97. The van der Waals surface area contributed by atoms with Crippen LogP contribution in [-0.4, -0.2) is 28.5 Å². The molecule has 9 heteroatoms. The van der Waals surface area contributed by atoms with Crippen LogP contribution in [0.5, 0.6) is 11.5 Å². The number of benzene rings is 1. The van der Waals surface area contributed by atoms with Gasteiger partial charge in [-0.15, -0.1) is 0 Å². The molecular weight excluding hydrogens is 417 g/mol. The van der Waals surface area contributed by atoms with Crippen molar-refractivity contribution in [3.8, 4) is 17.3 Å². The number of ether oxygens (including phenoxy) is 2. The van der Waals surface area contributed by atoms with Crippen LogP contribution in [0.15, 0.2) is 71.7 Å². The van der Waals surface area contributed by atoms with Crippen molar-refractivity contribution in [2.24, 2.45) is 0 Å². The van der Waals surface area contributed by atoms with E-state index >= 15 is 0 Å². The first-order valence-corrected chi connectivity index (χ1v) is 9.50. The molecule has 3 aromatic heterocycles. The Hall–Kier alpha value is -4.40. The van der Waals surface area contributed by atoms with Gasteiger partial charge in [0, 0.05) is 36.3 Å². The van der Waals surface area contributed by atoms with Crippen LogP contribution in [-0.2, 0) is 4.74 Å². The van der Waals surface area contributed by atoms with E-state index in [0.29, 0.717) is 28.4 Å². The molecule has 0 saturated carbocycles. The maximum atomic E-state index is 14.2. The number of pyridine rings is 1. The van der Waals surface area contributed by atoms with Gasteiger partial charge in [-0.1, -0.05) is 0 Å². The summed E-state index contributed by atoms with van der Waals surface area (Å²) in [5.74, 6) is -0.306. The van der Waals surface area contributed by atoms with Gasteiger partial charge in [0.1, 0.15) is 23.1 Å². The molecule has 0 saturated heterocycles. The first-order chi connectivity index (χ1) is 15.4. The highest BCUT2D eigenvalue weighted by Gasteiger charge is 2.16. The molecule has 0 unspecified atom stereocenters. The summed E-state index contributed by atoms with van der Waals surface area (Å²) in [6.07, 6.45) is 6.18. The van der Waals surface area contributed by atoms with Crippen LogP contribution in [0.3, 0.4) is 0 Å². The van der Waals surface area contributed by atoms with Crippen molar-refractivity contribution in [1.82, 2.24) is 9.55 Å². The van der Waals surface area contributed by atoms with Gasteiger partial charge in [-0.05, 0) is 37.3 Å². The van der Waals surface area contributed by atoms with Crippen molar-refractivity contribution in [1.29, 1.82) is 0 Å². The minimum atomic E-state index is -0.618. The molecule has 8 nitrogen and oxygen atoms in total. The smallest absolute Gasteiger partial charge is 0.339 e. The third-order valence-corrected chi connectivity index (χ3v) is 4.59. The lowest BCUT2D eigenvalue weighted by Gasteiger charge is -2.11. The van der Waals surface area contributed by atoms with Crippen molar-refractivity contribution in [2.45, 2.75) is 6.92 Å². The van der Waals surface area contributed by atoms with E-state index in [9.17, 15) is 14.0 Å². The zero-order valence-corrected chi connectivity index (χ0v) is 17.2. The number of halogens is 1. The number of nitrogens with zero attached hydrogens (tertiary/aromatic N) is 2. The van der Waals surface area contributed by atoms with E-state index in [1.165, 1.54) is 37.8 Å². The second-order valence-electron chi connectivity index (χ2n) is 6.78. The maximum Gasteiger partial charge on any atom is 0.339 e. The first kappa shape index (κ1) is 20.9. The van der Waals surface area contributed by atoms with Gasteiger partial charge >= 0.3 is 5.97 Å². The number of carbonyl (C=O) groups is 2. The van der Waals surface area contributed by atoms with Gasteiger partial charge in [0.25, 0.3) is 5.91 Å².